The molecule has 0 spiro atoms. The lowest BCUT2D eigenvalue weighted by molar-refractivity contribution is -0.114. The summed E-state index contributed by atoms with van der Waals surface area (Å²) in [6.45, 7) is 6.62. The molecule has 5 nitrogen and oxygen atoms in total. The minimum Gasteiger partial charge on any atom is -0.378 e. The van der Waals surface area contributed by atoms with Gasteiger partial charge in [-0.1, -0.05) is 23.7 Å². The van der Waals surface area contributed by atoms with Crippen molar-refractivity contribution in [2.45, 2.75) is 19.4 Å². The van der Waals surface area contributed by atoms with Crippen LogP contribution in [0.3, 0.4) is 0 Å². The highest BCUT2D eigenvalue weighted by molar-refractivity contribution is 6.31. The second-order valence-electron chi connectivity index (χ2n) is 7.65. The molecule has 4 rings (SSSR count). The molecule has 6 heteroatoms. The summed E-state index contributed by atoms with van der Waals surface area (Å²) in [4.78, 5) is 16.0. The van der Waals surface area contributed by atoms with E-state index in [1.165, 1.54) is 29.3 Å². The molecule has 1 atom stereocenters. The third-order valence-corrected chi connectivity index (χ3v) is 5.86. The van der Waals surface area contributed by atoms with Gasteiger partial charge in [0.15, 0.2) is 0 Å². The smallest absolute Gasteiger partial charge is 0.221 e. The highest BCUT2D eigenvalue weighted by atomic mass is 35.5. The minimum atomic E-state index is -0.0579. The lowest BCUT2D eigenvalue weighted by atomic mass is 9.84. The van der Waals surface area contributed by atoms with Crippen molar-refractivity contribution in [3.05, 3.63) is 58.1 Å². The Morgan fingerprint density at radius 1 is 1.18 bits per heavy atom. The van der Waals surface area contributed by atoms with E-state index in [1.54, 1.807) is 0 Å². The van der Waals surface area contributed by atoms with Crippen molar-refractivity contribution < 1.29 is 9.53 Å². The number of rotatable bonds is 3. The Morgan fingerprint density at radius 3 is 2.57 bits per heavy atom. The van der Waals surface area contributed by atoms with Crippen LogP contribution in [0.1, 0.15) is 29.5 Å². The second-order valence-corrected chi connectivity index (χ2v) is 8.05. The molecule has 28 heavy (non-hydrogen) atoms. The predicted octanol–water partition coefficient (Wildman–Crippen LogP) is 3.71. The molecule has 2 aromatic carbocycles. The number of likely N-dealkylation sites (N-methyl/N-ethyl adjacent to an activating group) is 1. The van der Waals surface area contributed by atoms with Crippen LogP contribution in [-0.2, 0) is 16.1 Å². The van der Waals surface area contributed by atoms with E-state index in [4.69, 9.17) is 16.3 Å². The summed E-state index contributed by atoms with van der Waals surface area (Å²) < 4.78 is 5.50. The van der Waals surface area contributed by atoms with Crippen molar-refractivity contribution in [2.24, 2.45) is 0 Å². The average molecular weight is 400 g/mol. The first-order valence-electron chi connectivity index (χ1n) is 9.72. The van der Waals surface area contributed by atoms with Gasteiger partial charge in [-0.15, -0.1) is 0 Å². The standard InChI is InChI=1S/C22H26ClN3O2/c1-15(27)24-17-5-3-16(4-6-17)20-13-25(2)14-21-19(20)11-18(12-22(21)23)26-7-9-28-10-8-26/h3-6,11-12,20H,7-10,13-14H2,1-2H3,(H,24,27). The van der Waals surface area contributed by atoms with Crippen molar-refractivity contribution in [3.8, 4) is 0 Å². The predicted molar refractivity (Wildman–Crippen MR) is 113 cm³/mol. The van der Waals surface area contributed by atoms with Crippen LogP contribution in [0.25, 0.3) is 0 Å². The van der Waals surface area contributed by atoms with Crippen LogP contribution in [0, 0.1) is 0 Å². The zero-order valence-corrected chi connectivity index (χ0v) is 17.1. The molecule has 1 saturated heterocycles. The molecule has 0 bridgehead atoms. The van der Waals surface area contributed by atoms with Crippen LogP contribution < -0.4 is 10.2 Å². The van der Waals surface area contributed by atoms with Gasteiger partial charge in [0.1, 0.15) is 0 Å². The van der Waals surface area contributed by atoms with Gasteiger partial charge in [-0.3, -0.25) is 4.79 Å². The summed E-state index contributed by atoms with van der Waals surface area (Å²) in [5.41, 5.74) is 5.75. The molecule has 2 heterocycles. The first kappa shape index (κ1) is 19.2. The van der Waals surface area contributed by atoms with Gasteiger partial charge in [-0.2, -0.15) is 0 Å². The van der Waals surface area contributed by atoms with Crippen LogP contribution in [0.4, 0.5) is 11.4 Å². The molecule has 1 amide bonds. The number of fused-ring (bicyclic) bond motifs is 1. The highest BCUT2D eigenvalue weighted by Gasteiger charge is 2.28. The molecule has 0 saturated carbocycles. The minimum absolute atomic E-state index is 0.0579. The highest BCUT2D eigenvalue weighted by Crippen LogP contribution is 2.39. The Balaban J connectivity index is 1.70. The first-order chi connectivity index (χ1) is 13.5. The number of halogens is 1. The summed E-state index contributed by atoms with van der Waals surface area (Å²) in [6.07, 6.45) is 0. The first-order valence-corrected chi connectivity index (χ1v) is 10.1. The van der Waals surface area contributed by atoms with Gasteiger partial charge in [-0.25, -0.2) is 0 Å². The zero-order chi connectivity index (χ0) is 19.7. The van der Waals surface area contributed by atoms with Crippen molar-refractivity contribution in [3.63, 3.8) is 0 Å². The summed E-state index contributed by atoms with van der Waals surface area (Å²) >= 11 is 6.74. The van der Waals surface area contributed by atoms with E-state index in [2.05, 4.69) is 46.4 Å². The van der Waals surface area contributed by atoms with Crippen LogP contribution >= 0.6 is 11.6 Å². The van der Waals surface area contributed by atoms with Gasteiger partial charge in [0.05, 0.1) is 13.2 Å². The maximum Gasteiger partial charge on any atom is 0.221 e. The second kappa shape index (κ2) is 8.11. The summed E-state index contributed by atoms with van der Waals surface area (Å²) in [6, 6.07) is 12.6. The largest absolute Gasteiger partial charge is 0.378 e. The number of nitrogens with one attached hydrogen (secondary N) is 1. The van der Waals surface area contributed by atoms with Crippen LogP contribution in [0.5, 0.6) is 0 Å². The molecule has 1 N–H and O–H groups in total. The average Bonchev–Trinajstić information content (AvgIpc) is 2.69. The third-order valence-electron chi connectivity index (χ3n) is 5.52. The summed E-state index contributed by atoms with van der Waals surface area (Å²) in [7, 11) is 2.13. The monoisotopic (exact) mass is 399 g/mol. The molecule has 148 valence electrons. The Hall–Kier alpha value is -2.08. The molecular weight excluding hydrogens is 374 g/mol. The van der Waals surface area contributed by atoms with Gasteiger partial charge in [0, 0.05) is 55.4 Å². The molecule has 0 aromatic heterocycles. The maximum atomic E-state index is 11.3. The van der Waals surface area contributed by atoms with E-state index in [-0.39, 0.29) is 11.8 Å². The van der Waals surface area contributed by atoms with Gasteiger partial charge >= 0.3 is 0 Å². The molecular formula is C22H26ClN3O2. The molecule has 2 aliphatic rings. The van der Waals surface area contributed by atoms with Crippen LogP contribution in [-0.4, -0.2) is 50.7 Å². The number of hydrogen-bond donors (Lipinski definition) is 1. The molecule has 0 radical (unpaired) electrons. The number of ether oxygens (including phenoxy) is 1. The molecule has 0 aliphatic carbocycles. The number of amides is 1. The van der Waals surface area contributed by atoms with Crippen molar-refractivity contribution in [2.75, 3.05) is 50.1 Å². The van der Waals surface area contributed by atoms with E-state index in [0.29, 0.717) is 0 Å². The molecule has 1 fully saturated rings. The maximum absolute atomic E-state index is 11.3. The van der Waals surface area contributed by atoms with Crippen molar-refractivity contribution in [1.29, 1.82) is 0 Å². The Kier molecular flexibility index (Phi) is 5.58. The number of anilines is 2. The third kappa shape index (κ3) is 4.02. The number of morpholine rings is 1. The zero-order valence-electron chi connectivity index (χ0n) is 16.4. The Labute approximate surface area is 171 Å². The number of nitrogens with zero attached hydrogens (tertiary/aromatic N) is 2. The molecule has 2 aromatic rings. The number of carbonyl (C=O) groups is 1. The van der Waals surface area contributed by atoms with E-state index in [9.17, 15) is 4.79 Å². The Morgan fingerprint density at radius 2 is 1.89 bits per heavy atom. The number of hydrogen-bond acceptors (Lipinski definition) is 4. The quantitative estimate of drug-likeness (QED) is 0.854. The SMILES string of the molecule is CC(=O)Nc1ccc(C2CN(C)Cc3c(Cl)cc(N4CCOCC4)cc32)cc1. The molecule has 1 unspecified atom stereocenters. The lowest BCUT2D eigenvalue weighted by Crippen LogP contribution is -2.37. The molecule has 2 aliphatic heterocycles. The lowest BCUT2D eigenvalue weighted by Gasteiger charge is -2.36. The van der Waals surface area contributed by atoms with Crippen molar-refractivity contribution >= 4 is 28.9 Å². The van der Waals surface area contributed by atoms with Crippen LogP contribution in [0.15, 0.2) is 36.4 Å². The van der Waals surface area contributed by atoms with Crippen molar-refractivity contribution in [1.82, 2.24) is 4.90 Å². The van der Waals surface area contributed by atoms with E-state index < -0.39 is 0 Å². The Bertz CT molecular complexity index is 863. The van der Waals surface area contributed by atoms with E-state index in [0.717, 1.165) is 50.1 Å². The fourth-order valence-electron chi connectivity index (χ4n) is 4.16. The fourth-order valence-corrected chi connectivity index (χ4v) is 4.44. The van der Waals surface area contributed by atoms with Gasteiger partial charge in [0.2, 0.25) is 5.91 Å². The fraction of sp³-hybridized carbons (Fsp3) is 0.409. The number of benzene rings is 2. The van der Waals surface area contributed by atoms with E-state index >= 15 is 0 Å². The van der Waals surface area contributed by atoms with Crippen LogP contribution in [0.2, 0.25) is 5.02 Å². The normalized spacial score (nSPS) is 20.0. The van der Waals surface area contributed by atoms with E-state index in [1.807, 2.05) is 12.1 Å². The topological polar surface area (TPSA) is 44.8 Å². The number of carbonyl (C=O) groups excluding carboxylic acids is 1. The summed E-state index contributed by atoms with van der Waals surface area (Å²) in [5.74, 6) is 0.191. The van der Waals surface area contributed by atoms with Gasteiger partial charge in [-0.05, 0) is 48.0 Å². The summed E-state index contributed by atoms with van der Waals surface area (Å²) in [5, 5.41) is 3.67. The van der Waals surface area contributed by atoms with Gasteiger partial charge < -0.3 is 19.9 Å². The van der Waals surface area contributed by atoms with Gasteiger partial charge in [0.25, 0.3) is 0 Å².